The van der Waals surface area contributed by atoms with Crippen molar-refractivity contribution in [2.45, 2.75) is 93.1 Å². The van der Waals surface area contributed by atoms with Gasteiger partial charge in [0.25, 0.3) is 36.7 Å². The summed E-state index contributed by atoms with van der Waals surface area (Å²) >= 11 is 6.87. The van der Waals surface area contributed by atoms with Crippen LogP contribution in [0.1, 0.15) is 64.8 Å². The summed E-state index contributed by atoms with van der Waals surface area (Å²) in [6.07, 6.45) is 0.820. The van der Waals surface area contributed by atoms with Crippen LogP contribution in [0, 0.1) is 68.6 Å². The molecule has 0 N–H and O–H groups in total. The summed E-state index contributed by atoms with van der Waals surface area (Å²) in [5.41, 5.74) is 6.33. The second kappa shape index (κ2) is 42.5. The maximum Gasteiger partial charge on any atom is 0.602 e. The highest BCUT2D eigenvalue weighted by atomic mass is 79.9. The number of methoxy groups -OCH3 is 5. The number of sulfonamides is 2. The molecule has 18 rings (SSSR count). The fourth-order valence-electron chi connectivity index (χ4n) is 15.3. The Hall–Kier alpha value is -14.1. The molecule has 1 unspecified atom stereocenters. The van der Waals surface area contributed by atoms with E-state index in [4.69, 9.17) is 42.0 Å². The van der Waals surface area contributed by atoms with E-state index in [-0.39, 0.29) is 94.0 Å². The normalized spacial score (nSPS) is 15.3. The highest BCUT2D eigenvalue weighted by molar-refractivity contribution is 9.10. The molecular weight excluding hydrogens is 2050 g/mol. The van der Waals surface area contributed by atoms with E-state index in [1.54, 1.807) is 142 Å². The molecule has 736 valence electrons. The molecule has 0 bridgehead atoms. The van der Waals surface area contributed by atoms with Crippen LogP contribution in [-0.2, 0) is 62.2 Å². The number of pyridine rings is 3. The number of alkyl halides is 3. The van der Waals surface area contributed by atoms with Crippen molar-refractivity contribution in [3.8, 4) is 51.6 Å². The van der Waals surface area contributed by atoms with Crippen molar-refractivity contribution in [1.82, 2.24) is 34.1 Å². The van der Waals surface area contributed by atoms with Gasteiger partial charge in [-0.15, -0.1) is 0 Å². The Bertz CT molecular complexity index is 7760. The van der Waals surface area contributed by atoms with Crippen LogP contribution in [0.4, 0.5) is 46.8 Å². The fraction of sp³-hybridized carbons (Fsp3) is 0.229. The number of halogens is 10. The van der Waals surface area contributed by atoms with E-state index in [0.717, 1.165) is 60.3 Å². The summed E-state index contributed by atoms with van der Waals surface area (Å²) in [4.78, 5) is 62.6. The van der Waals surface area contributed by atoms with Gasteiger partial charge in [-0.1, -0.05) is 78.5 Å². The van der Waals surface area contributed by atoms with Crippen LogP contribution in [0.5, 0.6) is 34.5 Å². The van der Waals surface area contributed by atoms with Gasteiger partial charge in [0, 0.05) is 67.3 Å². The number of rotatable bonds is 23. The molecule has 1 aliphatic heterocycles. The number of aryl methyl sites for hydroxylation is 4. The van der Waals surface area contributed by atoms with Crippen LogP contribution in [0.15, 0.2) is 264 Å². The summed E-state index contributed by atoms with van der Waals surface area (Å²) in [5.74, 6) is -13.5. The van der Waals surface area contributed by atoms with E-state index in [2.05, 4.69) is 63.0 Å². The minimum atomic E-state index is -5.06. The van der Waals surface area contributed by atoms with Gasteiger partial charge in [-0.3, -0.25) is 42.6 Å². The zero-order valence-corrected chi connectivity index (χ0v) is 82.0. The monoisotopic (exact) mass is 2130 g/mol. The first kappa shape index (κ1) is 103. The van der Waals surface area contributed by atoms with E-state index in [0.29, 0.717) is 84.5 Å². The molecule has 2 saturated carbocycles. The van der Waals surface area contributed by atoms with E-state index < -0.39 is 106 Å². The van der Waals surface area contributed by atoms with E-state index in [9.17, 15) is 84.3 Å². The van der Waals surface area contributed by atoms with Gasteiger partial charge in [0.15, 0.2) is 11.6 Å². The summed E-state index contributed by atoms with van der Waals surface area (Å²) in [6, 6.07) is 49.4. The molecule has 1 saturated heterocycles. The lowest BCUT2D eigenvalue weighted by Crippen LogP contribution is -2.42. The quantitative estimate of drug-likeness (QED) is 0.0189. The lowest BCUT2D eigenvalue weighted by molar-refractivity contribution is -0.149. The molecule has 0 radical (unpaired) electrons. The summed E-state index contributed by atoms with van der Waals surface area (Å²) in [5, 5.41) is 12.5. The number of ether oxygens (including phenoxy) is 5. The first-order chi connectivity index (χ1) is 67.0. The lowest BCUT2D eigenvalue weighted by atomic mass is 9.80. The zero-order valence-electron chi connectivity index (χ0n) is 76.3. The Morgan fingerprint density at radius 3 is 1.18 bits per heavy atom. The minimum Gasteiger partial charge on any atom is -0.498 e. The molecular formula is C96H84BBr2F8N9O22S3. The van der Waals surface area contributed by atoms with Crippen LogP contribution < -0.4 is 53.2 Å². The summed E-state index contributed by atoms with van der Waals surface area (Å²) in [7, 11) is -4.89. The number of aromatic nitrogens is 6. The number of fused-ring (bicyclic) bond motifs is 3. The Balaban J connectivity index is 0.000000152. The molecule has 15 aromatic rings. The SMILES string of the molecule is COc1cc(Br)c(C)cc1-n1c(=O)ccc2cc(S(=O)(=O)Oc3c(F)c(F)c(F)c(F)c3F)ccc21.COc1ccc(CN(c2ccon2)S(=O)(=O)c2ccc3c(ccc(=O)n3-c3cc(C)c(Br)cc3OC)c2)cc1.COc1ccc(CN(c2ccon2)S(=O)(=O)c2ccc3c(ccc(=O)n3-c3cc(C)c([C@@H]4C[C@H]4C(F)(F)F)cc3OC)c2)cc1.C[C@H]1CC1B1OC(=O)CN(C)CC(=O)O1.Cc1ccon1. The smallest absolute Gasteiger partial charge is 0.498 e. The number of carbonyl (C=O) groups is 2. The predicted molar refractivity (Wildman–Crippen MR) is 509 cm³/mol. The Morgan fingerprint density at radius 1 is 0.454 bits per heavy atom. The highest BCUT2D eigenvalue weighted by Crippen LogP contribution is 2.58. The third-order valence-corrected chi connectivity index (χ3v) is 29.4. The molecule has 4 atom stereocenters. The number of likely N-dealkylation sites (N-methyl/N-ethyl adjacent to an activating group) is 1. The second-order valence-electron chi connectivity index (χ2n) is 32.5. The molecule has 31 nitrogen and oxygen atoms in total. The molecule has 9 aromatic carbocycles. The van der Waals surface area contributed by atoms with Gasteiger partial charge in [-0.25, -0.2) is 38.6 Å². The molecule has 3 aliphatic rings. The third-order valence-electron chi connectivity index (χ3n) is 23.0. The first-order valence-electron chi connectivity index (χ1n) is 42.4. The van der Waals surface area contributed by atoms with Gasteiger partial charge in [0.1, 0.15) is 52.4 Å². The average Bonchev–Trinajstić information content (AvgIpc) is 1.66. The van der Waals surface area contributed by atoms with E-state index in [1.807, 2.05) is 19.9 Å². The van der Waals surface area contributed by atoms with Gasteiger partial charge in [-0.05, 0) is 226 Å². The van der Waals surface area contributed by atoms with Crippen molar-refractivity contribution in [3.63, 3.8) is 0 Å². The van der Waals surface area contributed by atoms with Crippen LogP contribution in [-0.4, -0.2) is 140 Å². The number of anilines is 2. The van der Waals surface area contributed by atoms with Crippen LogP contribution in [0.3, 0.4) is 0 Å². The van der Waals surface area contributed by atoms with Crippen molar-refractivity contribution >= 4 is 125 Å². The molecule has 141 heavy (non-hydrogen) atoms. The maximum absolute atomic E-state index is 14.0. The summed E-state index contributed by atoms with van der Waals surface area (Å²) < 4.78 is 253. The topological polar surface area (TPSA) is 364 Å². The number of hydrogen-bond acceptors (Lipinski definition) is 26. The van der Waals surface area contributed by atoms with Crippen LogP contribution in [0.2, 0.25) is 5.82 Å². The van der Waals surface area contributed by atoms with Crippen molar-refractivity contribution < 1.29 is 121 Å². The molecule has 0 amide bonds. The molecule has 2 aliphatic carbocycles. The second-order valence-corrected chi connectivity index (χ2v) is 39.5. The van der Waals surface area contributed by atoms with Crippen molar-refractivity contribution in [3.05, 3.63) is 321 Å². The number of nitrogens with zero attached hydrogens (tertiary/aromatic N) is 9. The molecule has 3 fully saturated rings. The molecule has 6 aromatic heterocycles. The van der Waals surface area contributed by atoms with Crippen LogP contribution >= 0.6 is 31.9 Å². The Labute approximate surface area is 816 Å². The van der Waals surface area contributed by atoms with E-state index in [1.165, 1.54) is 126 Å². The standard InChI is InChI=1S/C32H28F3N3O6S.C28H24BrN3O6S.C23H13BrF5NO5S.C9H14BNO4.C4H5NO/c1-19-14-28(29(43-3)17-24(19)25-16-26(25)32(33,34)35)38-27-10-9-23(15-21(27)6-11-31(38)39)45(40,41)37(30-12-13-44-36-30)18-20-4-7-22(42-2)8-5-20;1-18-14-25(26(37-3)16-23(18)29)32-24-10-9-22(15-20(24)6-11-28(32)33)39(34,35)31(27-12-13-38-30-27)17-19-4-7-21(36-2)8-5-19;1-10-7-15(16(34-2)9-13(10)24)30-14-5-4-12(8-11(14)3-6-17(30)31)36(32,33)35-23-21(28)19(26)18(25)20(27)22(23)29;1-6-3-7(6)10-14-8(12)4-11(2)5-9(13)15-10;1-4-2-3-6-5-4/h4-15,17,25-26H,16,18H2,1-3H3;4-16H,17H2,1-3H3;3-9H,1-2H3;6-7H,3-5H2,1-2H3;2-3H,1H3/t25-,26+;;;6-,7?;/m0..0./s1. The van der Waals surface area contributed by atoms with Gasteiger partial charge in [0.2, 0.25) is 34.8 Å². The molecule has 0 spiro atoms. The maximum atomic E-state index is 14.0. The van der Waals surface area contributed by atoms with Crippen molar-refractivity contribution in [1.29, 1.82) is 0 Å². The number of benzene rings is 9. The molecule has 7 heterocycles. The zero-order chi connectivity index (χ0) is 102. The predicted octanol–water partition coefficient (Wildman–Crippen LogP) is 18.3. The minimum absolute atomic E-state index is 0.00211. The number of carbonyl (C=O) groups excluding carboxylic acids is 2. The fourth-order valence-corrected chi connectivity index (χ4v) is 19.8. The van der Waals surface area contributed by atoms with E-state index >= 15 is 0 Å². The summed E-state index contributed by atoms with van der Waals surface area (Å²) in [6.45, 7) is 9.59. The van der Waals surface area contributed by atoms with Gasteiger partial charge >= 0.3 is 35.4 Å². The van der Waals surface area contributed by atoms with Crippen LogP contribution in [0.25, 0.3) is 49.8 Å². The Kier molecular flexibility index (Phi) is 31.0. The van der Waals surface area contributed by atoms with Gasteiger partial charge in [0.05, 0.1) is 117 Å². The van der Waals surface area contributed by atoms with Crippen molar-refractivity contribution in [2.24, 2.45) is 11.8 Å². The first-order valence-corrected chi connectivity index (χ1v) is 48.3. The van der Waals surface area contributed by atoms with Gasteiger partial charge < -0.3 is 50.7 Å². The Morgan fingerprint density at radius 2 is 0.830 bits per heavy atom. The average molecular weight is 2130 g/mol. The van der Waals surface area contributed by atoms with Gasteiger partial charge in [-0.2, -0.15) is 30.4 Å². The largest absolute Gasteiger partial charge is 0.602 e. The molecule has 45 heteroatoms. The number of hydrogen-bond donors (Lipinski definition) is 0. The lowest BCUT2D eigenvalue weighted by Gasteiger charge is -2.22. The van der Waals surface area contributed by atoms with Crippen molar-refractivity contribution in [2.75, 3.05) is 64.3 Å². The third kappa shape index (κ3) is 22.7. The highest BCUT2D eigenvalue weighted by Gasteiger charge is 2.57.